The number of hydrogen-bond acceptors (Lipinski definition) is 4. The number of amides is 2. The maximum atomic E-state index is 12.2. The van der Waals surface area contributed by atoms with Crippen LogP contribution in [0.1, 0.15) is 12.6 Å². The molecule has 0 unspecified atom stereocenters. The van der Waals surface area contributed by atoms with Gasteiger partial charge in [0.1, 0.15) is 0 Å². The second kappa shape index (κ2) is 8.48. The van der Waals surface area contributed by atoms with Gasteiger partial charge in [-0.05, 0) is 30.8 Å². The zero-order valence-corrected chi connectivity index (χ0v) is 14.6. The maximum Gasteiger partial charge on any atom is 0.319 e. The third kappa shape index (κ3) is 4.70. The fraction of sp³-hybridized carbons (Fsp3) is 0.368. The number of urea groups is 1. The first-order chi connectivity index (χ1) is 12.3. The summed E-state index contributed by atoms with van der Waals surface area (Å²) in [5.41, 5.74) is 2.75. The molecule has 6 heteroatoms. The van der Waals surface area contributed by atoms with Gasteiger partial charge in [-0.3, -0.25) is 4.98 Å². The second-order valence-corrected chi connectivity index (χ2v) is 6.07. The number of likely N-dealkylation sites (N-methyl/N-ethyl adjacent to an activating group) is 1. The number of benzene rings is 1. The molecule has 0 radical (unpaired) electrons. The highest BCUT2D eigenvalue weighted by atomic mass is 16.2. The maximum absolute atomic E-state index is 12.2. The highest BCUT2D eigenvalue weighted by Crippen LogP contribution is 2.26. The molecule has 0 spiro atoms. The Balaban J connectivity index is 1.60. The molecule has 1 aromatic carbocycles. The summed E-state index contributed by atoms with van der Waals surface area (Å²) in [6.45, 7) is 7.74. The van der Waals surface area contributed by atoms with Crippen LogP contribution in [-0.2, 0) is 6.54 Å². The number of aromatic nitrogens is 1. The van der Waals surface area contributed by atoms with Crippen molar-refractivity contribution in [2.45, 2.75) is 13.5 Å². The van der Waals surface area contributed by atoms with Crippen LogP contribution in [-0.4, -0.2) is 48.6 Å². The molecule has 1 aliphatic heterocycles. The van der Waals surface area contributed by atoms with Crippen LogP contribution in [0.2, 0.25) is 0 Å². The van der Waals surface area contributed by atoms with Gasteiger partial charge in [0.05, 0.1) is 23.6 Å². The van der Waals surface area contributed by atoms with Gasteiger partial charge in [0.2, 0.25) is 0 Å². The molecule has 25 heavy (non-hydrogen) atoms. The number of carbonyl (C=O) groups excluding carboxylic acids is 1. The minimum Gasteiger partial charge on any atom is -0.367 e. The van der Waals surface area contributed by atoms with E-state index in [4.69, 9.17) is 0 Å². The number of pyridine rings is 1. The van der Waals surface area contributed by atoms with Crippen molar-refractivity contribution in [3.05, 3.63) is 54.4 Å². The van der Waals surface area contributed by atoms with E-state index < -0.39 is 0 Å². The lowest BCUT2D eigenvalue weighted by Crippen LogP contribution is -2.46. The molecule has 2 amide bonds. The molecule has 3 rings (SSSR count). The first kappa shape index (κ1) is 17.2. The van der Waals surface area contributed by atoms with Gasteiger partial charge >= 0.3 is 6.03 Å². The molecule has 1 aliphatic rings. The van der Waals surface area contributed by atoms with Crippen molar-refractivity contribution in [2.75, 3.05) is 42.9 Å². The van der Waals surface area contributed by atoms with Crippen LogP contribution in [0, 0.1) is 0 Å². The van der Waals surface area contributed by atoms with Gasteiger partial charge in [0.25, 0.3) is 0 Å². The Morgan fingerprint density at radius 1 is 1.08 bits per heavy atom. The zero-order chi connectivity index (χ0) is 17.5. The summed E-state index contributed by atoms with van der Waals surface area (Å²) >= 11 is 0. The zero-order valence-electron chi connectivity index (χ0n) is 14.6. The average molecular weight is 339 g/mol. The summed E-state index contributed by atoms with van der Waals surface area (Å²) < 4.78 is 0. The van der Waals surface area contributed by atoms with Gasteiger partial charge < -0.3 is 20.4 Å². The van der Waals surface area contributed by atoms with Gasteiger partial charge in [-0.15, -0.1) is 0 Å². The highest BCUT2D eigenvalue weighted by Gasteiger charge is 2.18. The number of carbonyl (C=O) groups is 1. The Labute approximate surface area is 148 Å². The van der Waals surface area contributed by atoms with Gasteiger partial charge in [0.15, 0.2) is 0 Å². The summed E-state index contributed by atoms with van der Waals surface area (Å²) in [5, 5.41) is 5.82. The van der Waals surface area contributed by atoms with Crippen LogP contribution in [0.5, 0.6) is 0 Å². The smallest absolute Gasteiger partial charge is 0.319 e. The van der Waals surface area contributed by atoms with E-state index in [0.717, 1.165) is 49.8 Å². The van der Waals surface area contributed by atoms with Gasteiger partial charge in [-0.25, -0.2) is 4.79 Å². The van der Waals surface area contributed by atoms with E-state index in [9.17, 15) is 4.79 Å². The molecular formula is C19H25N5O. The third-order valence-corrected chi connectivity index (χ3v) is 4.47. The molecule has 2 N–H and O–H groups in total. The molecule has 132 valence electrons. The molecule has 6 nitrogen and oxygen atoms in total. The second-order valence-electron chi connectivity index (χ2n) is 6.07. The average Bonchev–Trinajstić information content (AvgIpc) is 2.68. The first-order valence-corrected chi connectivity index (χ1v) is 8.77. The quantitative estimate of drug-likeness (QED) is 0.879. The lowest BCUT2D eigenvalue weighted by molar-refractivity contribution is 0.251. The van der Waals surface area contributed by atoms with Gasteiger partial charge in [-0.2, -0.15) is 0 Å². The molecule has 0 saturated carbocycles. The summed E-state index contributed by atoms with van der Waals surface area (Å²) in [6, 6.07) is 13.4. The lowest BCUT2D eigenvalue weighted by atomic mass is 10.2. The standard InChI is InChI=1S/C19H25N5O/c1-2-23-11-13-24(14-12-23)18-9-4-3-8-17(18)22-19(25)21-15-16-7-5-6-10-20-16/h3-10H,2,11-15H2,1H3,(H2,21,22,25). The van der Waals surface area contributed by atoms with Crippen LogP contribution < -0.4 is 15.5 Å². The minimum absolute atomic E-state index is 0.217. The van der Waals surface area contributed by atoms with Crippen molar-refractivity contribution >= 4 is 17.4 Å². The predicted molar refractivity (Wildman–Crippen MR) is 101 cm³/mol. The van der Waals surface area contributed by atoms with E-state index in [-0.39, 0.29) is 6.03 Å². The molecule has 0 atom stereocenters. The Hall–Kier alpha value is -2.60. The fourth-order valence-corrected chi connectivity index (χ4v) is 3.00. The Morgan fingerprint density at radius 2 is 1.84 bits per heavy atom. The first-order valence-electron chi connectivity index (χ1n) is 8.77. The van der Waals surface area contributed by atoms with Gasteiger partial charge in [0, 0.05) is 32.4 Å². The SMILES string of the molecule is CCN1CCN(c2ccccc2NC(=O)NCc2ccccn2)CC1. The van der Waals surface area contributed by atoms with Crippen LogP contribution >= 0.6 is 0 Å². The summed E-state index contributed by atoms with van der Waals surface area (Å²) in [5.74, 6) is 0. The van der Waals surface area contributed by atoms with E-state index in [0.29, 0.717) is 6.54 Å². The van der Waals surface area contributed by atoms with Crippen LogP contribution in [0.15, 0.2) is 48.7 Å². The van der Waals surface area contributed by atoms with Crippen molar-refractivity contribution in [3.63, 3.8) is 0 Å². The Bertz CT molecular complexity index is 683. The lowest BCUT2D eigenvalue weighted by Gasteiger charge is -2.36. The van der Waals surface area contributed by atoms with Crippen molar-refractivity contribution in [1.29, 1.82) is 0 Å². The van der Waals surface area contributed by atoms with Crippen molar-refractivity contribution < 1.29 is 4.79 Å². The van der Waals surface area contributed by atoms with E-state index in [2.05, 4.69) is 38.4 Å². The normalized spacial score (nSPS) is 15.0. The summed E-state index contributed by atoms with van der Waals surface area (Å²) in [4.78, 5) is 21.2. The van der Waals surface area contributed by atoms with Crippen LogP contribution in [0.3, 0.4) is 0 Å². The molecule has 1 fully saturated rings. The van der Waals surface area contributed by atoms with E-state index in [1.54, 1.807) is 6.20 Å². The van der Waals surface area contributed by atoms with E-state index in [1.165, 1.54) is 0 Å². The molecular weight excluding hydrogens is 314 g/mol. The number of hydrogen-bond donors (Lipinski definition) is 2. The molecule has 0 bridgehead atoms. The predicted octanol–water partition coefficient (Wildman–Crippen LogP) is 2.55. The summed E-state index contributed by atoms with van der Waals surface area (Å²) in [7, 11) is 0. The minimum atomic E-state index is -0.217. The van der Waals surface area contributed by atoms with Crippen LogP contribution in [0.4, 0.5) is 16.2 Å². The molecule has 0 aliphatic carbocycles. The fourth-order valence-electron chi connectivity index (χ4n) is 3.00. The summed E-state index contributed by atoms with van der Waals surface area (Å²) in [6.07, 6.45) is 1.72. The number of anilines is 2. The monoisotopic (exact) mass is 339 g/mol. The highest BCUT2D eigenvalue weighted by molar-refractivity contribution is 5.93. The van der Waals surface area contributed by atoms with Crippen molar-refractivity contribution in [3.8, 4) is 0 Å². The van der Waals surface area contributed by atoms with Crippen molar-refractivity contribution in [2.24, 2.45) is 0 Å². The van der Waals surface area contributed by atoms with E-state index in [1.807, 2.05) is 36.4 Å². The number of rotatable bonds is 5. The van der Waals surface area contributed by atoms with Crippen molar-refractivity contribution in [1.82, 2.24) is 15.2 Å². The molecule has 2 heterocycles. The Morgan fingerprint density at radius 3 is 2.56 bits per heavy atom. The van der Waals surface area contributed by atoms with Gasteiger partial charge in [-0.1, -0.05) is 25.1 Å². The molecule has 2 aromatic rings. The number of piperazine rings is 1. The largest absolute Gasteiger partial charge is 0.367 e. The van der Waals surface area contributed by atoms with E-state index >= 15 is 0 Å². The Kier molecular flexibility index (Phi) is 5.85. The topological polar surface area (TPSA) is 60.5 Å². The third-order valence-electron chi connectivity index (χ3n) is 4.47. The molecule has 1 aromatic heterocycles. The number of nitrogens with zero attached hydrogens (tertiary/aromatic N) is 3. The van der Waals surface area contributed by atoms with Crippen LogP contribution in [0.25, 0.3) is 0 Å². The molecule has 1 saturated heterocycles. The number of nitrogens with one attached hydrogen (secondary N) is 2. The number of para-hydroxylation sites is 2.